The number of pyridine rings is 1. The fourth-order valence-corrected chi connectivity index (χ4v) is 4.26. The maximum atomic E-state index is 10.2. The van der Waals surface area contributed by atoms with Gasteiger partial charge in [0.25, 0.3) is 0 Å². The van der Waals surface area contributed by atoms with Crippen molar-refractivity contribution in [2.24, 2.45) is 0 Å². The summed E-state index contributed by atoms with van der Waals surface area (Å²) >= 11 is 3.59. The lowest BCUT2D eigenvalue weighted by atomic mass is 10.1. The molecule has 0 amide bonds. The number of nitrogens with one attached hydrogen (secondary N) is 1. The smallest absolute Gasteiger partial charge is 0.160 e. The number of fused-ring (bicyclic) bond motifs is 1. The summed E-state index contributed by atoms with van der Waals surface area (Å²) in [5, 5.41) is 13.9. The molecule has 2 N–H and O–H groups in total. The van der Waals surface area contributed by atoms with Gasteiger partial charge in [-0.15, -0.1) is 0 Å². The molecule has 1 aromatic carbocycles. The molecule has 1 saturated carbocycles. The van der Waals surface area contributed by atoms with E-state index in [1.165, 1.54) is 25.7 Å². The molecule has 0 aliphatic heterocycles. The van der Waals surface area contributed by atoms with E-state index in [9.17, 15) is 5.11 Å². The number of aromatic nitrogens is 2. The fourth-order valence-electron chi connectivity index (χ4n) is 3.71. The van der Waals surface area contributed by atoms with Crippen LogP contribution in [-0.4, -0.2) is 27.6 Å². The van der Waals surface area contributed by atoms with Gasteiger partial charge in [-0.25, -0.2) is 4.98 Å². The Morgan fingerprint density at radius 1 is 1.27 bits per heavy atom. The normalized spacial score (nSPS) is 14.9. The molecule has 0 bridgehead atoms. The predicted octanol–water partition coefficient (Wildman–Crippen LogP) is 5.14. The molecular weight excluding hydrogens is 394 g/mol. The van der Waals surface area contributed by atoms with Crippen molar-refractivity contribution in [2.75, 3.05) is 12.4 Å². The van der Waals surface area contributed by atoms with E-state index in [1.807, 2.05) is 12.3 Å². The van der Waals surface area contributed by atoms with E-state index in [0.717, 1.165) is 32.8 Å². The number of rotatable bonds is 4. The maximum absolute atomic E-state index is 10.2. The third kappa shape index (κ3) is 3.03. The van der Waals surface area contributed by atoms with Gasteiger partial charge in [-0.3, -0.25) is 4.40 Å². The van der Waals surface area contributed by atoms with Crippen LogP contribution in [-0.2, 0) is 0 Å². The molecule has 2 heterocycles. The highest BCUT2D eigenvalue weighted by Gasteiger charge is 2.22. The van der Waals surface area contributed by atoms with Crippen molar-refractivity contribution in [3.8, 4) is 22.8 Å². The number of imidazole rings is 1. The third-order valence-electron chi connectivity index (χ3n) is 5.02. The van der Waals surface area contributed by atoms with E-state index in [-0.39, 0.29) is 5.75 Å². The van der Waals surface area contributed by atoms with E-state index in [4.69, 9.17) is 9.72 Å². The summed E-state index contributed by atoms with van der Waals surface area (Å²) < 4.78 is 8.29. The second-order valence-corrected chi connectivity index (χ2v) is 7.77. The first-order valence-electron chi connectivity index (χ1n) is 8.89. The first-order valence-corrected chi connectivity index (χ1v) is 9.68. The van der Waals surface area contributed by atoms with Crippen molar-refractivity contribution in [1.82, 2.24) is 9.38 Å². The summed E-state index contributed by atoms with van der Waals surface area (Å²) in [5.74, 6) is 1.55. The zero-order chi connectivity index (χ0) is 18.3. The fraction of sp³-hybridized carbons (Fsp3) is 0.350. The van der Waals surface area contributed by atoms with Crippen LogP contribution in [0.5, 0.6) is 11.5 Å². The second kappa shape index (κ2) is 6.83. The highest BCUT2D eigenvalue weighted by Crippen LogP contribution is 2.37. The highest BCUT2D eigenvalue weighted by molar-refractivity contribution is 9.10. The van der Waals surface area contributed by atoms with Gasteiger partial charge in [0.05, 0.1) is 7.11 Å². The molecule has 0 atom stereocenters. The summed E-state index contributed by atoms with van der Waals surface area (Å²) in [6.45, 7) is 2.06. The Hall–Kier alpha value is -2.21. The molecule has 1 aliphatic rings. The van der Waals surface area contributed by atoms with Gasteiger partial charge in [-0.1, -0.05) is 12.8 Å². The van der Waals surface area contributed by atoms with Gasteiger partial charge >= 0.3 is 0 Å². The summed E-state index contributed by atoms with van der Waals surface area (Å²) in [5.41, 5.74) is 3.72. The van der Waals surface area contributed by atoms with Gasteiger partial charge in [-0.2, -0.15) is 0 Å². The molecule has 0 spiro atoms. The summed E-state index contributed by atoms with van der Waals surface area (Å²) in [4.78, 5) is 4.89. The van der Waals surface area contributed by atoms with Crippen LogP contribution < -0.4 is 10.1 Å². The van der Waals surface area contributed by atoms with E-state index in [2.05, 4.69) is 38.6 Å². The quantitative estimate of drug-likeness (QED) is 0.618. The zero-order valence-electron chi connectivity index (χ0n) is 14.9. The first kappa shape index (κ1) is 17.2. The van der Waals surface area contributed by atoms with Crippen LogP contribution in [0.2, 0.25) is 0 Å². The molecule has 0 radical (unpaired) electrons. The van der Waals surface area contributed by atoms with Crippen molar-refractivity contribution >= 4 is 27.4 Å². The molecule has 1 aliphatic carbocycles. The molecule has 0 saturated heterocycles. The predicted molar refractivity (Wildman–Crippen MR) is 107 cm³/mol. The Morgan fingerprint density at radius 3 is 2.73 bits per heavy atom. The number of halogens is 1. The SMILES string of the molecule is COc1ccc(-c2nc3c(C)cc(Br)cn3c2NC2CCCC2)cc1O. The number of phenolic OH excluding ortho intramolecular Hbond substituents is 1. The average molecular weight is 416 g/mol. The monoisotopic (exact) mass is 415 g/mol. The number of nitrogens with zero attached hydrogens (tertiary/aromatic N) is 2. The number of phenols is 1. The molecule has 6 heteroatoms. The Bertz CT molecular complexity index is 961. The number of hydrogen-bond acceptors (Lipinski definition) is 4. The Labute approximate surface area is 161 Å². The largest absolute Gasteiger partial charge is 0.504 e. The van der Waals surface area contributed by atoms with Crippen LogP contribution in [0.1, 0.15) is 31.2 Å². The molecule has 3 aromatic rings. The van der Waals surface area contributed by atoms with Crippen LogP contribution >= 0.6 is 15.9 Å². The van der Waals surface area contributed by atoms with Crippen LogP contribution in [0.3, 0.4) is 0 Å². The van der Waals surface area contributed by atoms with Gasteiger partial charge in [0, 0.05) is 22.3 Å². The number of aromatic hydroxyl groups is 1. The molecule has 0 unspecified atom stereocenters. The molecule has 5 nitrogen and oxygen atoms in total. The Morgan fingerprint density at radius 2 is 2.04 bits per heavy atom. The van der Waals surface area contributed by atoms with E-state index in [0.29, 0.717) is 11.8 Å². The van der Waals surface area contributed by atoms with Crippen molar-refractivity contribution in [3.05, 3.63) is 40.5 Å². The molecule has 2 aromatic heterocycles. The van der Waals surface area contributed by atoms with Gasteiger partial charge in [-0.05, 0) is 65.5 Å². The van der Waals surface area contributed by atoms with Crippen LogP contribution in [0.25, 0.3) is 16.9 Å². The molecule has 136 valence electrons. The second-order valence-electron chi connectivity index (χ2n) is 6.86. The van der Waals surface area contributed by atoms with E-state index < -0.39 is 0 Å². The van der Waals surface area contributed by atoms with E-state index >= 15 is 0 Å². The van der Waals surface area contributed by atoms with Gasteiger partial charge in [0.2, 0.25) is 0 Å². The Balaban J connectivity index is 1.89. The summed E-state index contributed by atoms with van der Waals surface area (Å²) in [7, 11) is 1.55. The third-order valence-corrected chi connectivity index (χ3v) is 5.45. The number of methoxy groups -OCH3 is 1. The number of anilines is 1. The van der Waals surface area contributed by atoms with E-state index in [1.54, 1.807) is 19.2 Å². The van der Waals surface area contributed by atoms with Crippen molar-refractivity contribution in [3.63, 3.8) is 0 Å². The summed E-state index contributed by atoms with van der Waals surface area (Å²) in [6.07, 6.45) is 6.91. The average Bonchev–Trinajstić information content (AvgIpc) is 3.24. The summed E-state index contributed by atoms with van der Waals surface area (Å²) in [6, 6.07) is 7.95. The number of hydrogen-bond donors (Lipinski definition) is 2. The van der Waals surface area contributed by atoms with Crippen molar-refractivity contribution in [1.29, 1.82) is 0 Å². The minimum atomic E-state index is 0.117. The molecule has 26 heavy (non-hydrogen) atoms. The standard InChI is InChI=1S/C20H22BrN3O2/c1-12-9-14(21)11-24-19(12)23-18(20(24)22-15-5-3-4-6-15)13-7-8-17(26-2)16(25)10-13/h7-11,15,22,25H,3-6H2,1-2H3. The Kier molecular flexibility index (Phi) is 4.53. The zero-order valence-corrected chi connectivity index (χ0v) is 16.5. The highest BCUT2D eigenvalue weighted by atomic mass is 79.9. The maximum Gasteiger partial charge on any atom is 0.160 e. The van der Waals surface area contributed by atoms with Gasteiger partial charge < -0.3 is 15.2 Å². The first-order chi connectivity index (χ1) is 12.6. The van der Waals surface area contributed by atoms with Crippen LogP contribution in [0.4, 0.5) is 5.82 Å². The number of ether oxygens (including phenoxy) is 1. The minimum absolute atomic E-state index is 0.117. The molecule has 4 rings (SSSR count). The van der Waals surface area contributed by atoms with Crippen molar-refractivity contribution in [2.45, 2.75) is 38.6 Å². The molecular formula is C20H22BrN3O2. The molecule has 1 fully saturated rings. The lowest BCUT2D eigenvalue weighted by Crippen LogP contribution is -2.16. The van der Waals surface area contributed by atoms with Crippen molar-refractivity contribution < 1.29 is 9.84 Å². The minimum Gasteiger partial charge on any atom is -0.504 e. The topological polar surface area (TPSA) is 58.8 Å². The van der Waals surface area contributed by atoms with Gasteiger partial charge in [0.1, 0.15) is 17.2 Å². The van der Waals surface area contributed by atoms with Crippen LogP contribution in [0, 0.1) is 6.92 Å². The van der Waals surface area contributed by atoms with Crippen LogP contribution in [0.15, 0.2) is 34.9 Å². The van der Waals surface area contributed by atoms with Gasteiger partial charge in [0.15, 0.2) is 11.5 Å². The number of aryl methyl sites for hydroxylation is 1. The lowest BCUT2D eigenvalue weighted by Gasteiger charge is -2.15. The lowest BCUT2D eigenvalue weighted by molar-refractivity contribution is 0.373. The number of benzene rings is 1.